The van der Waals surface area contributed by atoms with Crippen LogP contribution in [0.2, 0.25) is 0 Å². The molecule has 1 aliphatic carbocycles. The van der Waals surface area contributed by atoms with Crippen molar-refractivity contribution in [2.75, 3.05) is 25.4 Å². The molecule has 200 valence electrons. The van der Waals surface area contributed by atoms with Crippen molar-refractivity contribution in [2.24, 2.45) is 16.6 Å². The minimum absolute atomic E-state index is 0.00318. The van der Waals surface area contributed by atoms with Gasteiger partial charge in [0.2, 0.25) is 0 Å². The fourth-order valence-corrected chi connectivity index (χ4v) is 5.58. The third-order valence-electron chi connectivity index (χ3n) is 8.21. The van der Waals surface area contributed by atoms with Crippen LogP contribution < -0.4 is 17.0 Å². The summed E-state index contributed by atoms with van der Waals surface area (Å²) in [6.07, 6.45) is 7.65. The molecule has 0 atom stereocenters. The van der Waals surface area contributed by atoms with Gasteiger partial charge in [-0.15, -0.1) is 0 Å². The second-order valence-corrected chi connectivity index (χ2v) is 10.7. The summed E-state index contributed by atoms with van der Waals surface area (Å²) in [5, 5.41) is 9.77. The quantitative estimate of drug-likeness (QED) is 0.551. The SMILES string of the molecule is N#CC1(c2cc3c(N)n(c2=O)CCC/C=C\CN2CCC(CC2)C(F)(F)c2cccc(c2)CN=C3N)CC1. The number of piperidine rings is 1. The fraction of sp³-hybridized carbons (Fsp3) is 0.483. The molecule has 4 aliphatic rings. The molecule has 38 heavy (non-hydrogen) atoms. The van der Waals surface area contributed by atoms with Gasteiger partial charge in [-0.05, 0) is 69.3 Å². The van der Waals surface area contributed by atoms with Gasteiger partial charge in [0.1, 0.15) is 11.7 Å². The number of amidine groups is 1. The Labute approximate surface area is 221 Å². The Hall–Kier alpha value is -3.51. The van der Waals surface area contributed by atoms with Crippen molar-refractivity contribution in [3.63, 3.8) is 0 Å². The summed E-state index contributed by atoms with van der Waals surface area (Å²) in [5.74, 6) is -3.31. The molecule has 1 saturated heterocycles. The molecule has 1 aromatic carbocycles. The number of aromatic nitrogens is 1. The van der Waals surface area contributed by atoms with Crippen molar-refractivity contribution in [1.29, 1.82) is 5.26 Å². The summed E-state index contributed by atoms with van der Waals surface area (Å²) in [7, 11) is 0. The number of nitrogen functional groups attached to an aromatic ring is 1. The van der Waals surface area contributed by atoms with Crippen LogP contribution >= 0.6 is 0 Å². The summed E-state index contributed by atoms with van der Waals surface area (Å²) < 4.78 is 32.5. The molecule has 0 unspecified atom stereocenters. The molecule has 2 fully saturated rings. The van der Waals surface area contributed by atoms with Crippen molar-refractivity contribution < 1.29 is 8.78 Å². The number of aliphatic imine (C=N–C) groups is 1. The van der Waals surface area contributed by atoms with E-state index in [-0.39, 0.29) is 29.3 Å². The normalized spacial score (nSPS) is 25.6. The molecule has 7 nitrogen and oxygen atoms in total. The van der Waals surface area contributed by atoms with Gasteiger partial charge in [0.05, 0.1) is 23.6 Å². The highest BCUT2D eigenvalue weighted by atomic mass is 19.3. The number of fused-ring (bicyclic) bond motifs is 7. The van der Waals surface area contributed by atoms with Crippen molar-refractivity contribution in [2.45, 2.75) is 63.0 Å². The van der Waals surface area contributed by atoms with Gasteiger partial charge < -0.3 is 11.5 Å². The number of rotatable bonds is 1. The third kappa shape index (κ3) is 4.97. The van der Waals surface area contributed by atoms with Gasteiger partial charge in [-0.3, -0.25) is 19.3 Å². The molecule has 3 aliphatic heterocycles. The van der Waals surface area contributed by atoms with E-state index in [9.17, 15) is 10.1 Å². The van der Waals surface area contributed by atoms with Gasteiger partial charge in [0.15, 0.2) is 0 Å². The molecule has 4 N–H and O–H groups in total. The van der Waals surface area contributed by atoms with E-state index in [4.69, 9.17) is 11.5 Å². The van der Waals surface area contributed by atoms with Crippen molar-refractivity contribution >= 4 is 11.7 Å². The molecule has 1 aromatic heterocycles. The molecule has 4 heterocycles. The Bertz CT molecular complexity index is 1360. The molecular weight excluding hydrogens is 486 g/mol. The monoisotopic (exact) mass is 520 g/mol. The Balaban J connectivity index is 1.54. The molecular formula is C29H34F2N6O. The molecule has 2 aromatic rings. The first-order valence-corrected chi connectivity index (χ1v) is 13.3. The zero-order valence-electron chi connectivity index (χ0n) is 21.5. The minimum Gasteiger partial charge on any atom is -0.384 e. The minimum atomic E-state index is -2.93. The van der Waals surface area contributed by atoms with Gasteiger partial charge in [0, 0.05) is 30.1 Å². The molecule has 6 rings (SSSR count). The average molecular weight is 521 g/mol. The van der Waals surface area contributed by atoms with E-state index in [1.807, 2.05) is 0 Å². The number of anilines is 1. The maximum absolute atomic E-state index is 15.5. The second kappa shape index (κ2) is 10.3. The van der Waals surface area contributed by atoms with E-state index in [1.54, 1.807) is 18.2 Å². The Morgan fingerprint density at radius 1 is 1.08 bits per heavy atom. The topological polar surface area (TPSA) is 113 Å². The smallest absolute Gasteiger partial charge is 0.276 e. The predicted octanol–water partition coefficient (Wildman–Crippen LogP) is 4.04. The lowest BCUT2D eigenvalue weighted by molar-refractivity contribution is -0.0847. The molecule has 0 amide bonds. The number of allylic oxidation sites excluding steroid dienone is 1. The van der Waals surface area contributed by atoms with E-state index in [2.05, 4.69) is 28.1 Å². The van der Waals surface area contributed by atoms with Gasteiger partial charge in [-0.25, -0.2) is 8.78 Å². The maximum atomic E-state index is 15.5. The molecule has 1 saturated carbocycles. The number of hydrogen-bond donors (Lipinski definition) is 2. The summed E-state index contributed by atoms with van der Waals surface area (Å²) in [5.41, 5.74) is 13.1. The van der Waals surface area contributed by atoms with Gasteiger partial charge in [-0.1, -0.05) is 30.4 Å². The van der Waals surface area contributed by atoms with Crippen LogP contribution in [0.3, 0.4) is 0 Å². The van der Waals surface area contributed by atoms with Crippen LogP contribution in [0.5, 0.6) is 0 Å². The Morgan fingerprint density at radius 2 is 1.84 bits per heavy atom. The van der Waals surface area contributed by atoms with Crippen LogP contribution in [-0.2, 0) is 24.4 Å². The largest absolute Gasteiger partial charge is 0.384 e. The van der Waals surface area contributed by atoms with E-state index < -0.39 is 17.3 Å². The van der Waals surface area contributed by atoms with Crippen molar-refractivity contribution in [3.05, 3.63) is 75.1 Å². The standard InChI is InChI=1S/C29H34F2N6O/c30-29(31)21-8-14-36(15-9-21)12-3-1-2-4-13-37-26(34)23(17-24(27(37)38)28(19-32)10-11-28)25(33)35-18-20-6-5-7-22(29)16-20/h1,3,5-7,16-17,21H,2,4,8-15,18,34H2,(H2,33,35)/b3-1-. The van der Waals surface area contributed by atoms with Crippen LogP contribution in [-0.4, -0.2) is 34.9 Å². The zero-order valence-corrected chi connectivity index (χ0v) is 21.5. The van der Waals surface area contributed by atoms with Crippen LogP contribution in [0, 0.1) is 17.2 Å². The lowest BCUT2D eigenvalue weighted by Crippen LogP contribution is -2.39. The van der Waals surface area contributed by atoms with Crippen LogP contribution in [0.1, 0.15) is 60.8 Å². The number of alkyl halides is 2. The zero-order chi connectivity index (χ0) is 26.9. The lowest BCUT2D eigenvalue weighted by Gasteiger charge is -2.35. The maximum Gasteiger partial charge on any atom is 0.276 e. The number of nitrogens with zero attached hydrogens (tertiary/aromatic N) is 4. The van der Waals surface area contributed by atoms with Crippen molar-refractivity contribution in [3.8, 4) is 6.07 Å². The average Bonchev–Trinajstić information content (AvgIpc) is 3.72. The van der Waals surface area contributed by atoms with Gasteiger partial charge in [-0.2, -0.15) is 5.26 Å². The highest BCUT2D eigenvalue weighted by molar-refractivity contribution is 6.01. The number of nitrogens with two attached hydrogens (primary N) is 2. The highest BCUT2D eigenvalue weighted by Crippen LogP contribution is 2.46. The molecule has 0 spiro atoms. The summed E-state index contributed by atoms with van der Waals surface area (Å²) in [6, 6.07) is 10.3. The molecule has 9 heteroatoms. The number of hydrogen-bond acceptors (Lipinski definition) is 6. The molecule has 6 bridgehead atoms. The van der Waals surface area contributed by atoms with Crippen LogP contribution in [0.15, 0.2) is 52.3 Å². The molecule has 0 radical (unpaired) electrons. The first kappa shape index (κ1) is 26.1. The second-order valence-electron chi connectivity index (χ2n) is 10.7. The number of benzene rings is 1. The first-order chi connectivity index (χ1) is 18.2. The number of nitriles is 1. The summed E-state index contributed by atoms with van der Waals surface area (Å²) in [6.45, 7) is 2.47. The third-order valence-corrected chi connectivity index (χ3v) is 8.21. The van der Waals surface area contributed by atoms with E-state index in [1.165, 1.54) is 16.7 Å². The van der Waals surface area contributed by atoms with Gasteiger partial charge >= 0.3 is 0 Å². The van der Waals surface area contributed by atoms with E-state index >= 15 is 8.78 Å². The number of pyridine rings is 1. The van der Waals surface area contributed by atoms with Crippen LogP contribution in [0.4, 0.5) is 14.6 Å². The number of halogens is 2. The highest BCUT2D eigenvalue weighted by Gasteiger charge is 2.47. The van der Waals surface area contributed by atoms with Crippen molar-refractivity contribution in [1.82, 2.24) is 9.47 Å². The van der Waals surface area contributed by atoms with Gasteiger partial charge in [0.25, 0.3) is 11.5 Å². The first-order valence-electron chi connectivity index (χ1n) is 13.3. The lowest BCUT2D eigenvalue weighted by atomic mass is 9.86. The summed E-state index contributed by atoms with van der Waals surface area (Å²) in [4.78, 5) is 20.0. The van der Waals surface area contributed by atoms with E-state index in [0.717, 1.165) is 6.42 Å². The fourth-order valence-electron chi connectivity index (χ4n) is 5.58. The summed E-state index contributed by atoms with van der Waals surface area (Å²) >= 11 is 0. The predicted molar refractivity (Wildman–Crippen MR) is 144 cm³/mol. The van der Waals surface area contributed by atoms with E-state index in [0.29, 0.717) is 75.0 Å². The Morgan fingerprint density at radius 3 is 2.55 bits per heavy atom. The van der Waals surface area contributed by atoms with Crippen LogP contribution in [0.25, 0.3) is 0 Å². The Kier molecular flexibility index (Phi) is 7.10.